The van der Waals surface area contributed by atoms with Crippen LogP contribution in [0.4, 0.5) is 5.69 Å². The molecule has 0 unspecified atom stereocenters. The number of nitro groups is 1. The molecule has 0 aliphatic heterocycles. The maximum absolute atomic E-state index is 11.9. The number of nitro benzene ring substituents is 1. The fourth-order valence-corrected chi connectivity index (χ4v) is 3.49. The number of hydrogen-bond acceptors (Lipinski definition) is 6. The zero-order valence-corrected chi connectivity index (χ0v) is 17.5. The van der Waals surface area contributed by atoms with Gasteiger partial charge in [0.1, 0.15) is 11.5 Å². The van der Waals surface area contributed by atoms with E-state index in [9.17, 15) is 20.0 Å². The van der Waals surface area contributed by atoms with E-state index in [1.807, 2.05) is 26.0 Å². The summed E-state index contributed by atoms with van der Waals surface area (Å²) in [7, 11) is 0. The highest BCUT2D eigenvalue weighted by molar-refractivity contribution is 9.10. The van der Waals surface area contributed by atoms with Crippen molar-refractivity contribution in [3.63, 3.8) is 0 Å². The van der Waals surface area contributed by atoms with Gasteiger partial charge in [-0.25, -0.2) is 5.43 Å². The van der Waals surface area contributed by atoms with Crippen LogP contribution in [0.3, 0.4) is 0 Å². The predicted molar refractivity (Wildman–Crippen MR) is 107 cm³/mol. The van der Waals surface area contributed by atoms with Crippen LogP contribution in [-0.2, 0) is 4.79 Å². The Bertz CT molecular complexity index is 908. The zero-order valence-electron chi connectivity index (χ0n) is 14.3. The van der Waals surface area contributed by atoms with E-state index in [4.69, 9.17) is 4.74 Å². The number of hydrazone groups is 1. The van der Waals surface area contributed by atoms with Crippen LogP contribution in [0.15, 0.2) is 38.3 Å². The highest BCUT2D eigenvalue weighted by atomic mass is 79.9. The first-order valence-corrected chi connectivity index (χ1v) is 9.16. The summed E-state index contributed by atoms with van der Waals surface area (Å²) in [6, 6.07) is 6.11. The van der Waals surface area contributed by atoms with Crippen LogP contribution in [0.25, 0.3) is 0 Å². The Morgan fingerprint density at radius 2 is 2.00 bits per heavy atom. The van der Waals surface area contributed by atoms with Crippen LogP contribution >= 0.6 is 31.9 Å². The second-order valence-electron chi connectivity index (χ2n) is 5.60. The van der Waals surface area contributed by atoms with Crippen LogP contribution in [0, 0.1) is 24.0 Å². The van der Waals surface area contributed by atoms with Gasteiger partial charge in [-0.15, -0.1) is 0 Å². The highest BCUT2D eigenvalue weighted by Crippen LogP contribution is 2.32. The van der Waals surface area contributed by atoms with Gasteiger partial charge in [0.25, 0.3) is 11.6 Å². The van der Waals surface area contributed by atoms with E-state index in [0.29, 0.717) is 5.75 Å². The molecule has 0 fully saturated rings. The van der Waals surface area contributed by atoms with E-state index < -0.39 is 10.8 Å². The third-order valence-corrected chi connectivity index (χ3v) is 4.60. The number of aryl methyl sites for hydroxylation is 2. The summed E-state index contributed by atoms with van der Waals surface area (Å²) in [5.74, 6) is -0.198. The molecule has 0 radical (unpaired) electrons. The first kappa shape index (κ1) is 20.8. The maximum atomic E-state index is 11.9. The molecule has 0 aliphatic carbocycles. The molecule has 1 amide bonds. The predicted octanol–water partition coefficient (Wildman–Crippen LogP) is 3.97. The van der Waals surface area contributed by atoms with E-state index in [0.717, 1.165) is 27.9 Å². The molecule has 0 saturated heterocycles. The normalized spacial score (nSPS) is 10.8. The first-order valence-electron chi connectivity index (χ1n) is 7.57. The summed E-state index contributed by atoms with van der Waals surface area (Å²) in [4.78, 5) is 22.1. The van der Waals surface area contributed by atoms with Crippen molar-refractivity contribution in [3.05, 3.63) is 60.0 Å². The van der Waals surface area contributed by atoms with E-state index in [1.54, 1.807) is 0 Å². The molecule has 0 heterocycles. The molecule has 8 nitrogen and oxygen atoms in total. The van der Waals surface area contributed by atoms with Crippen molar-refractivity contribution in [2.75, 3.05) is 6.61 Å². The van der Waals surface area contributed by atoms with Gasteiger partial charge in [-0.2, -0.15) is 5.10 Å². The van der Waals surface area contributed by atoms with Crippen LogP contribution in [0.5, 0.6) is 11.5 Å². The maximum Gasteiger partial charge on any atom is 0.277 e. The Morgan fingerprint density at radius 3 is 2.63 bits per heavy atom. The number of hydrogen-bond donors (Lipinski definition) is 2. The number of carbonyl (C=O) groups excluding carboxylic acids is 1. The Labute approximate surface area is 171 Å². The minimum atomic E-state index is -0.601. The van der Waals surface area contributed by atoms with Gasteiger partial charge in [0, 0.05) is 17.7 Å². The molecule has 0 spiro atoms. The number of halogens is 2. The average Bonchev–Trinajstić information content (AvgIpc) is 2.57. The summed E-state index contributed by atoms with van der Waals surface area (Å²) in [6.07, 6.45) is 1.11. The second-order valence-corrected chi connectivity index (χ2v) is 7.31. The summed E-state index contributed by atoms with van der Waals surface area (Å²) in [5.41, 5.74) is 4.03. The van der Waals surface area contributed by atoms with Gasteiger partial charge >= 0.3 is 0 Å². The van der Waals surface area contributed by atoms with Gasteiger partial charge in [0.2, 0.25) is 0 Å². The number of non-ortho nitro benzene ring substituents is 1. The van der Waals surface area contributed by atoms with Crippen molar-refractivity contribution in [3.8, 4) is 11.5 Å². The number of amides is 1. The third-order valence-electron chi connectivity index (χ3n) is 3.40. The Hall–Kier alpha value is -2.46. The lowest BCUT2D eigenvalue weighted by atomic mass is 10.1. The lowest BCUT2D eigenvalue weighted by Gasteiger charge is -2.11. The summed E-state index contributed by atoms with van der Waals surface area (Å²) < 4.78 is 6.39. The van der Waals surface area contributed by atoms with E-state index >= 15 is 0 Å². The van der Waals surface area contributed by atoms with Crippen molar-refractivity contribution in [2.45, 2.75) is 13.8 Å². The molecule has 0 atom stereocenters. The van der Waals surface area contributed by atoms with Crippen molar-refractivity contribution in [2.24, 2.45) is 5.10 Å². The Kier molecular flexibility index (Phi) is 6.92. The highest BCUT2D eigenvalue weighted by Gasteiger charge is 2.14. The minimum Gasteiger partial charge on any atom is -0.506 e. The third kappa shape index (κ3) is 5.51. The van der Waals surface area contributed by atoms with Crippen molar-refractivity contribution in [1.82, 2.24) is 5.43 Å². The molecule has 2 aromatic rings. The Morgan fingerprint density at radius 1 is 1.30 bits per heavy atom. The molecule has 142 valence electrons. The topological polar surface area (TPSA) is 114 Å². The second kappa shape index (κ2) is 8.96. The number of ether oxygens (including phenoxy) is 1. The lowest BCUT2D eigenvalue weighted by Crippen LogP contribution is -2.24. The van der Waals surface area contributed by atoms with Crippen LogP contribution < -0.4 is 10.2 Å². The largest absolute Gasteiger partial charge is 0.506 e. The number of nitrogens with one attached hydrogen (secondary N) is 1. The fourth-order valence-electron chi connectivity index (χ4n) is 2.24. The summed E-state index contributed by atoms with van der Waals surface area (Å²) >= 11 is 6.42. The molecule has 10 heteroatoms. The first-order chi connectivity index (χ1) is 12.7. The smallest absolute Gasteiger partial charge is 0.277 e. The van der Waals surface area contributed by atoms with Crippen LogP contribution in [0.2, 0.25) is 0 Å². The fraction of sp³-hybridized carbons (Fsp3) is 0.176. The number of phenolic OH excluding ortho intramolecular Hbond substituents is 1. The SMILES string of the molecule is Cc1cc(C)c(OCC(=O)NN=Cc2cc([N+](=O)[O-])cc(Br)c2O)c(Br)c1. The monoisotopic (exact) mass is 499 g/mol. The zero-order chi connectivity index (χ0) is 20.1. The molecular formula is C17H15Br2N3O5. The van der Waals surface area contributed by atoms with Gasteiger partial charge in [-0.05, 0) is 62.9 Å². The molecule has 2 aromatic carbocycles. The summed E-state index contributed by atoms with van der Waals surface area (Å²) in [6.45, 7) is 3.54. The number of phenols is 1. The van der Waals surface area contributed by atoms with Gasteiger partial charge in [0.15, 0.2) is 6.61 Å². The van der Waals surface area contributed by atoms with Crippen molar-refractivity contribution in [1.29, 1.82) is 0 Å². The van der Waals surface area contributed by atoms with Crippen LogP contribution in [0.1, 0.15) is 16.7 Å². The Balaban J connectivity index is 2.01. The average molecular weight is 501 g/mol. The summed E-state index contributed by atoms with van der Waals surface area (Å²) in [5, 5.41) is 24.5. The lowest BCUT2D eigenvalue weighted by molar-refractivity contribution is -0.385. The number of nitrogens with zero attached hydrogens (tertiary/aromatic N) is 2. The van der Waals surface area contributed by atoms with Crippen LogP contribution in [-0.4, -0.2) is 28.8 Å². The number of rotatable bonds is 6. The molecule has 0 aromatic heterocycles. The van der Waals surface area contributed by atoms with Gasteiger partial charge < -0.3 is 9.84 Å². The van der Waals surface area contributed by atoms with Gasteiger partial charge in [0.05, 0.1) is 20.1 Å². The quantitative estimate of drug-likeness (QED) is 0.354. The van der Waals surface area contributed by atoms with Crippen molar-refractivity contribution < 1.29 is 19.6 Å². The molecule has 2 N–H and O–H groups in total. The molecule has 0 saturated carbocycles. The minimum absolute atomic E-state index is 0.0782. The number of benzene rings is 2. The number of carbonyl (C=O) groups is 1. The van der Waals surface area contributed by atoms with Crippen molar-refractivity contribution >= 4 is 49.7 Å². The van der Waals surface area contributed by atoms with E-state index in [2.05, 4.69) is 42.4 Å². The molecule has 27 heavy (non-hydrogen) atoms. The van der Waals surface area contributed by atoms with Gasteiger partial charge in [-0.3, -0.25) is 14.9 Å². The molecular weight excluding hydrogens is 486 g/mol. The molecule has 0 aliphatic rings. The molecule has 0 bridgehead atoms. The standard InChI is InChI=1S/C17H15Br2N3O5/c1-9-3-10(2)17(14(19)4-9)27-8-15(23)21-20-7-11-5-12(22(25)26)6-13(18)16(11)24/h3-7,24H,8H2,1-2H3,(H,21,23). The molecule has 2 rings (SSSR count). The van der Waals surface area contributed by atoms with E-state index in [1.165, 1.54) is 6.07 Å². The van der Waals surface area contributed by atoms with E-state index in [-0.39, 0.29) is 28.1 Å². The van der Waals surface area contributed by atoms with Gasteiger partial charge in [-0.1, -0.05) is 6.07 Å². The number of aromatic hydroxyl groups is 1.